The molecule has 0 aromatic heterocycles. The van der Waals surface area contributed by atoms with Crippen LogP contribution in [-0.4, -0.2) is 85.5 Å². The minimum Gasteiger partial charge on any atom is -0.395 e. The molecule has 1 aromatic carbocycles. The zero-order valence-corrected chi connectivity index (χ0v) is 15.9. The van der Waals surface area contributed by atoms with E-state index in [9.17, 15) is 9.90 Å². The summed E-state index contributed by atoms with van der Waals surface area (Å²) in [7, 11) is 3.99. The summed E-state index contributed by atoms with van der Waals surface area (Å²) in [6.07, 6.45) is 2.51. The van der Waals surface area contributed by atoms with Crippen molar-refractivity contribution in [3.05, 3.63) is 29.8 Å². The summed E-state index contributed by atoms with van der Waals surface area (Å²) >= 11 is 0. The average molecular weight is 361 g/mol. The predicted octanol–water partition coefficient (Wildman–Crippen LogP) is 1.03. The Kier molecular flexibility index (Phi) is 5.85. The van der Waals surface area contributed by atoms with Gasteiger partial charge in [-0.15, -0.1) is 0 Å². The van der Waals surface area contributed by atoms with Gasteiger partial charge in [0.2, 0.25) is 0 Å². The third-order valence-electron chi connectivity index (χ3n) is 5.90. The molecule has 1 unspecified atom stereocenters. The minimum atomic E-state index is -0.251. The van der Waals surface area contributed by atoms with Crippen LogP contribution in [0.15, 0.2) is 24.3 Å². The lowest BCUT2D eigenvalue weighted by Gasteiger charge is -2.48. The molecule has 0 saturated carbocycles. The van der Waals surface area contributed by atoms with Gasteiger partial charge in [0.25, 0.3) is 5.91 Å². The second kappa shape index (κ2) is 7.94. The molecule has 2 fully saturated rings. The molecule has 1 spiro atoms. The van der Waals surface area contributed by atoms with Gasteiger partial charge in [0.15, 0.2) is 0 Å². The molecule has 0 radical (unpaired) electrons. The molecule has 2 aliphatic heterocycles. The predicted molar refractivity (Wildman–Crippen MR) is 102 cm³/mol. The number of nitrogens with zero attached hydrogens (tertiary/aromatic N) is 3. The third kappa shape index (κ3) is 4.19. The first kappa shape index (κ1) is 19.1. The van der Waals surface area contributed by atoms with E-state index in [1.54, 1.807) is 0 Å². The number of amides is 1. The highest BCUT2D eigenvalue weighted by Gasteiger charge is 2.41. The maximum absolute atomic E-state index is 12.8. The number of aliphatic hydroxyl groups excluding tert-OH is 2. The smallest absolute Gasteiger partial charge is 0.253 e. The third-order valence-corrected chi connectivity index (χ3v) is 5.90. The number of hydrogen-bond acceptors (Lipinski definition) is 5. The normalized spacial score (nSPS) is 23.2. The van der Waals surface area contributed by atoms with Crippen LogP contribution in [0, 0.1) is 5.41 Å². The number of aliphatic hydroxyl groups is 2. The molecule has 2 saturated heterocycles. The van der Waals surface area contributed by atoms with E-state index in [0.717, 1.165) is 51.1 Å². The van der Waals surface area contributed by atoms with Crippen molar-refractivity contribution in [1.82, 2.24) is 9.80 Å². The summed E-state index contributed by atoms with van der Waals surface area (Å²) < 4.78 is 0. The van der Waals surface area contributed by atoms with Crippen LogP contribution < -0.4 is 4.90 Å². The Morgan fingerprint density at radius 2 is 1.92 bits per heavy atom. The first-order valence-electron chi connectivity index (χ1n) is 9.50. The number of carbonyl (C=O) groups is 1. The molecule has 2 N–H and O–H groups in total. The van der Waals surface area contributed by atoms with Gasteiger partial charge in [0.05, 0.1) is 12.7 Å². The first-order valence-corrected chi connectivity index (χ1v) is 9.50. The van der Waals surface area contributed by atoms with Crippen LogP contribution in [0.5, 0.6) is 0 Å². The number of hydrogen-bond donors (Lipinski definition) is 2. The molecule has 6 heteroatoms. The van der Waals surface area contributed by atoms with E-state index in [2.05, 4.69) is 11.9 Å². The Bertz CT molecular complexity index is 599. The van der Waals surface area contributed by atoms with Crippen LogP contribution in [0.1, 0.15) is 29.6 Å². The number of piperidine rings is 2. The van der Waals surface area contributed by atoms with E-state index in [-0.39, 0.29) is 24.0 Å². The topological polar surface area (TPSA) is 67.2 Å². The van der Waals surface area contributed by atoms with Crippen molar-refractivity contribution in [2.24, 2.45) is 5.41 Å². The number of likely N-dealkylation sites (N-methyl/N-ethyl adjacent to an activating group) is 2. The maximum atomic E-state index is 12.8. The van der Waals surface area contributed by atoms with Gasteiger partial charge in [0.1, 0.15) is 0 Å². The van der Waals surface area contributed by atoms with Crippen molar-refractivity contribution in [3.63, 3.8) is 0 Å². The monoisotopic (exact) mass is 361 g/mol. The van der Waals surface area contributed by atoms with E-state index in [1.807, 2.05) is 41.1 Å². The van der Waals surface area contributed by atoms with Crippen molar-refractivity contribution in [2.45, 2.75) is 25.4 Å². The number of benzene rings is 1. The zero-order chi connectivity index (χ0) is 18.7. The average Bonchev–Trinajstić information content (AvgIpc) is 2.61. The van der Waals surface area contributed by atoms with E-state index >= 15 is 0 Å². The van der Waals surface area contributed by atoms with E-state index in [1.165, 1.54) is 0 Å². The Hall–Kier alpha value is -1.63. The molecule has 1 aromatic rings. The fourth-order valence-corrected chi connectivity index (χ4v) is 4.49. The van der Waals surface area contributed by atoms with Gasteiger partial charge in [-0.25, -0.2) is 0 Å². The Labute approximate surface area is 156 Å². The summed E-state index contributed by atoms with van der Waals surface area (Å²) in [5, 5.41) is 19.1. The SMILES string of the molecule is CN1CC(O)CC2(CCN(C(=O)c3ccc(N(C)CCO)cc3)CC2)C1. The highest BCUT2D eigenvalue weighted by molar-refractivity contribution is 5.94. The summed E-state index contributed by atoms with van der Waals surface area (Å²) in [5.41, 5.74) is 1.86. The lowest BCUT2D eigenvalue weighted by atomic mass is 9.71. The molecule has 0 bridgehead atoms. The largest absolute Gasteiger partial charge is 0.395 e. The van der Waals surface area contributed by atoms with E-state index in [0.29, 0.717) is 12.1 Å². The van der Waals surface area contributed by atoms with Gasteiger partial charge in [-0.05, 0) is 56.0 Å². The number of likely N-dealkylation sites (tertiary alicyclic amines) is 2. The van der Waals surface area contributed by atoms with E-state index in [4.69, 9.17) is 5.11 Å². The van der Waals surface area contributed by atoms with Crippen molar-refractivity contribution in [1.29, 1.82) is 0 Å². The standard InChI is InChI=1S/C20H31N3O3/c1-21-14-18(25)13-20(15-21)7-9-23(10-8-20)19(26)16-3-5-17(6-4-16)22(2)11-12-24/h3-6,18,24-25H,7-15H2,1-2H3. The maximum Gasteiger partial charge on any atom is 0.253 e. The summed E-state index contributed by atoms with van der Waals surface area (Å²) in [6, 6.07) is 7.60. The fourth-order valence-electron chi connectivity index (χ4n) is 4.49. The molecule has 144 valence electrons. The first-order chi connectivity index (χ1) is 12.4. The van der Waals surface area contributed by atoms with Crippen molar-refractivity contribution < 1.29 is 15.0 Å². The van der Waals surface area contributed by atoms with Crippen LogP contribution in [0.3, 0.4) is 0 Å². The Balaban J connectivity index is 1.60. The Morgan fingerprint density at radius 1 is 1.27 bits per heavy atom. The van der Waals surface area contributed by atoms with E-state index < -0.39 is 0 Å². The molecule has 6 nitrogen and oxygen atoms in total. The molecular weight excluding hydrogens is 330 g/mol. The van der Waals surface area contributed by atoms with Crippen molar-refractivity contribution in [3.8, 4) is 0 Å². The molecule has 3 rings (SSSR count). The lowest BCUT2D eigenvalue weighted by Crippen LogP contribution is -2.53. The van der Waals surface area contributed by atoms with Gasteiger partial charge >= 0.3 is 0 Å². The van der Waals surface area contributed by atoms with Gasteiger partial charge < -0.3 is 24.9 Å². The van der Waals surface area contributed by atoms with Crippen LogP contribution in [0.25, 0.3) is 0 Å². The summed E-state index contributed by atoms with van der Waals surface area (Å²) in [5.74, 6) is 0.0842. The number of rotatable bonds is 4. The number of anilines is 1. The molecule has 26 heavy (non-hydrogen) atoms. The zero-order valence-electron chi connectivity index (χ0n) is 15.9. The van der Waals surface area contributed by atoms with Crippen LogP contribution >= 0.6 is 0 Å². The quantitative estimate of drug-likeness (QED) is 0.839. The van der Waals surface area contributed by atoms with Gasteiger partial charge in [-0.3, -0.25) is 4.79 Å². The molecular formula is C20H31N3O3. The van der Waals surface area contributed by atoms with Crippen LogP contribution in [0.4, 0.5) is 5.69 Å². The molecule has 1 atom stereocenters. The Morgan fingerprint density at radius 3 is 2.50 bits per heavy atom. The molecule has 0 aliphatic carbocycles. The van der Waals surface area contributed by atoms with Crippen LogP contribution in [0.2, 0.25) is 0 Å². The van der Waals surface area contributed by atoms with Gasteiger partial charge in [0, 0.05) is 51.0 Å². The number of β-amino-alcohol motifs (C(OH)–C–C–N with tert-alkyl or cyclic N) is 1. The fraction of sp³-hybridized carbons (Fsp3) is 0.650. The minimum absolute atomic E-state index is 0.0842. The molecule has 2 aliphatic rings. The van der Waals surface area contributed by atoms with Gasteiger partial charge in [-0.2, -0.15) is 0 Å². The van der Waals surface area contributed by atoms with Crippen LogP contribution in [-0.2, 0) is 0 Å². The van der Waals surface area contributed by atoms with Crippen molar-refractivity contribution in [2.75, 3.05) is 58.3 Å². The molecule has 2 heterocycles. The summed E-state index contributed by atoms with van der Waals surface area (Å²) in [4.78, 5) is 18.9. The summed E-state index contributed by atoms with van der Waals surface area (Å²) in [6.45, 7) is 3.95. The highest BCUT2D eigenvalue weighted by Crippen LogP contribution is 2.39. The second-order valence-electron chi connectivity index (χ2n) is 8.04. The second-order valence-corrected chi connectivity index (χ2v) is 8.04. The molecule has 1 amide bonds. The van der Waals surface area contributed by atoms with Crippen molar-refractivity contribution >= 4 is 11.6 Å². The number of carbonyl (C=O) groups excluding carboxylic acids is 1. The lowest BCUT2D eigenvalue weighted by molar-refractivity contribution is -0.0286. The van der Waals surface area contributed by atoms with Gasteiger partial charge in [-0.1, -0.05) is 0 Å². The highest BCUT2D eigenvalue weighted by atomic mass is 16.3.